The standard InChI is InChI=1S/C25H30N4O2S/c1-7-12-29-24(20(6)31-22-11-9-17(3)19(5)14-22)27-28-25(29)32-15-23(30)26-21-10-8-16(2)18(4)13-21/h7-11,13-14,20H,1,12,15H2,2-6H3,(H,26,30). The minimum atomic E-state index is -0.303. The number of ether oxygens (including phenoxy) is 1. The number of hydrogen-bond donors (Lipinski definition) is 1. The van der Waals surface area contributed by atoms with Crippen LogP contribution in [0.1, 0.15) is 41.1 Å². The molecule has 1 N–H and O–H groups in total. The number of nitrogens with zero attached hydrogens (tertiary/aromatic N) is 3. The molecule has 0 fully saturated rings. The molecular weight excluding hydrogens is 420 g/mol. The third-order valence-corrected chi connectivity index (χ3v) is 6.30. The molecule has 0 saturated heterocycles. The topological polar surface area (TPSA) is 69.0 Å². The van der Waals surface area contributed by atoms with Gasteiger partial charge in [-0.15, -0.1) is 16.8 Å². The second-order valence-corrected chi connectivity index (χ2v) is 8.82. The van der Waals surface area contributed by atoms with Gasteiger partial charge < -0.3 is 10.1 Å². The summed E-state index contributed by atoms with van der Waals surface area (Å²) in [4.78, 5) is 12.5. The number of nitrogens with one attached hydrogen (secondary N) is 1. The number of aromatic nitrogens is 3. The zero-order valence-electron chi connectivity index (χ0n) is 19.3. The number of hydrogen-bond acceptors (Lipinski definition) is 5. The molecule has 3 aromatic rings. The number of carbonyl (C=O) groups excluding carboxylic acids is 1. The van der Waals surface area contributed by atoms with Gasteiger partial charge in [-0.25, -0.2) is 0 Å². The molecule has 7 heteroatoms. The van der Waals surface area contributed by atoms with Crippen molar-refractivity contribution in [1.29, 1.82) is 0 Å². The average Bonchev–Trinajstić information content (AvgIpc) is 3.15. The largest absolute Gasteiger partial charge is 0.483 e. The summed E-state index contributed by atoms with van der Waals surface area (Å²) in [5.74, 6) is 1.62. The Hall–Kier alpha value is -3.06. The highest BCUT2D eigenvalue weighted by atomic mass is 32.2. The monoisotopic (exact) mass is 450 g/mol. The molecule has 1 unspecified atom stereocenters. The fraction of sp³-hybridized carbons (Fsp3) is 0.320. The van der Waals surface area contributed by atoms with Crippen LogP contribution in [0.15, 0.2) is 54.2 Å². The summed E-state index contributed by atoms with van der Waals surface area (Å²) in [6.45, 7) is 14.5. The Kier molecular flexibility index (Phi) is 7.75. The van der Waals surface area contributed by atoms with Crippen LogP contribution in [0.4, 0.5) is 5.69 Å². The van der Waals surface area contributed by atoms with Crippen molar-refractivity contribution in [2.45, 2.75) is 52.4 Å². The second-order valence-electron chi connectivity index (χ2n) is 7.88. The van der Waals surface area contributed by atoms with Gasteiger partial charge >= 0.3 is 0 Å². The molecule has 2 aromatic carbocycles. The van der Waals surface area contributed by atoms with Gasteiger partial charge in [-0.2, -0.15) is 0 Å². The Morgan fingerprint density at radius 1 is 1.09 bits per heavy atom. The highest BCUT2D eigenvalue weighted by Crippen LogP contribution is 2.26. The lowest BCUT2D eigenvalue weighted by Crippen LogP contribution is -2.15. The molecule has 0 bridgehead atoms. The number of aryl methyl sites for hydroxylation is 4. The first-order chi connectivity index (χ1) is 15.3. The van der Waals surface area contributed by atoms with E-state index in [1.807, 2.05) is 61.7 Å². The maximum absolute atomic E-state index is 12.5. The van der Waals surface area contributed by atoms with E-state index in [9.17, 15) is 4.79 Å². The van der Waals surface area contributed by atoms with Crippen molar-refractivity contribution < 1.29 is 9.53 Å². The number of rotatable bonds is 9. The zero-order valence-corrected chi connectivity index (χ0v) is 20.1. The number of allylic oxidation sites excluding steroid dienone is 1. The van der Waals surface area contributed by atoms with E-state index in [-0.39, 0.29) is 17.8 Å². The zero-order chi connectivity index (χ0) is 23.3. The van der Waals surface area contributed by atoms with Gasteiger partial charge in [-0.1, -0.05) is 30.0 Å². The van der Waals surface area contributed by atoms with Crippen LogP contribution in [-0.2, 0) is 11.3 Å². The highest BCUT2D eigenvalue weighted by molar-refractivity contribution is 7.99. The van der Waals surface area contributed by atoms with E-state index in [4.69, 9.17) is 4.74 Å². The molecule has 6 nitrogen and oxygen atoms in total. The summed E-state index contributed by atoms with van der Waals surface area (Å²) in [5, 5.41) is 12.2. The van der Waals surface area contributed by atoms with Crippen LogP contribution >= 0.6 is 11.8 Å². The van der Waals surface area contributed by atoms with Gasteiger partial charge in [0.25, 0.3) is 0 Å². The molecular formula is C25H30N4O2S. The fourth-order valence-corrected chi connectivity index (χ4v) is 3.95. The van der Waals surface area contributed by atoms with Gasteiger partial charge in [0.05, 0.1) is 5.75 Å². The Morgan fingerprint density at radius 2 is 1.78 bits per heavy atom. The van der Waals surface area contributed by atoms with Crippen LogP contribution in [0, 0.1) is 27.7 Å². The van der Waals surface area contributed by atoms with E-state index in [2.05, 4.69) is 35.9 Å². The third-order valence-electron chi connectivity index (χ3n) is 5.33. The van der Waals surface area contributed by atoms with Crippen LogP contribution < -0.4 is 10.1 Å². The normalized spacial score (nSPS) is 11.8. The predicted octanol–water partition coefficient (Wildman–Crippen LogP) is 5.57. The lowest BCUT2D eigenvalue weighted by Gasteiger charge is -2.16. The maximum atomic E-state index is 12.5. The number of anilines is 1. The Labute approximate surface area is 194 Å². The van der Waals surface area contributed by atoms with Crippen LogP contribution in [0.3, 0.4) is 0 Å². The predicted molar refractivity (Wildman–Crippen MR) is 130 cm³/mol. The van der Waals surface area contributed by atoms with Crippen LogP contribution in [0.2, 0.25) is 0 Å². The van der Waals surface area contributed by atoms with Gasteiger partial charge in [0.2, 0.25) is 5.91 Å². The van der Waals surface area contributed by atoms with Crippen LogP contribution in [0.5, 0.6) is 5.75 Å². The first kappa shape index (κ1) is 23.6. The van der Waals surface area contributed by atoms with Gasteiger partial charge in [-0.05, 0) is 81.1 Å². The molecule has 1 atom stereocenters. The van der Waals surface area contributed by atoms with Gasteiger partial charge in [0, 0.05) is 12.2 Å². The molecule has 3 rings (SSSR count). The highest BCUT2D eigenvalue weighted by Gasteiger charge is 2.20. The van der Waals surface area contributed by atoms with Gasteiger partial charge in [-0.3, -0.25) is 9.36 Å². The van der Waals surface area contributed by atoms with Crippen molar-refractivity contribution in [3.63, 3.8) is 0 Å². The smallest absolute Gasteiger partial charge is 0.234 e. The average molecular weight is 451 g/mol. The van der Waals surface area contributed by atoms with Crippen LogP contribution in [-0.4, -0.2) is 26.4 Å². The lowest BCUT2D eigenvalue weighted by atomic mass is 10.1. The minimum Gasteiger partial charge on any atom is -0.483 e. The second kappa shape index (κ2) is 10.5. The van der Waals surface area contributed by atoms with Crippen molar-refractivity contribution >= 4 is 23.4 Å². The lowest BCUT2D eigenvalue weighted by molar-refractivity contribution is -0.113. The van der Waals surface area contributed by atoms with E-state index in [0.29, 0.717) is 17.5 Å². The molecule has 0 aliphatic rings. The Morgan fingerprint density at radius 3 is 2.44 bits per heavy atom. The summed E-state index contributed by atoms with van der Waals surface area (Å²) in [6, 6.07) is 11.9. The van der Waals surface area contributed by atoms with Crippen molar-refractivity contribution in [3.8, 4) is 5.75 Å². The molecule has 0 saturated carbocycles. The Balaban J connectivity index is 1.67. The number of thioether (sulfide) groups is 1. The molecule has 168 valence electrons. The molecule has 0 radical (unpaired) electrons. The van der Waals surface area contributed by atoms with E-state index in [1.165, 1.54) is 28.5 Å². The fourth-order valence-electron chi connectivity index (χ4n) is 3.20. The van der Waals surface area contributed by atoms with E-state index in [0.717, 1.165) is 17.0 Å². The molecule has 0 spiro atoms. The van der Waals surface area contributed by atoms with Crippen molar-refractivity contribution in [3.05, 3.63) is 77.1 Å². The van der Waals surface area contributed by atoms with E-state index >= 15 is 0 Å². The third kappa shape index (κ3) is 5.79. The molecule has 1 aromatic heterocycles. The van der Waals surface area contributed by atoms with Crippen molar-refractivity contribution in [1.82, 2.24) is 14.8 Å². The quantitative estimate of drug-likeness (QED) is 0.341. The molecule has 1 amide bonds. The first-order valence-corrected chi connectivity index (χ1v) is 11.5. The van der Waals surface area contributed by atoms with E-state index in [1.54, 1.807) is 6.08 Å². The molecule has 1 heterocycles. The van der Waals surface area contributed by atoms with Crippen LogP contribution in [0.25, 0.3) is 0 Å². The molecule has 0 aliphatic carbocycles. The maximum Gasteiger partial charge on any atom is 0.234 e. The summed E-state index contributed by atoms with van der Waals surface area (Å²) in [7, 11) is 0. The minimum absolute atomic E-state index is 0.0904. The number of amides is 1. The van der Waals surface area contributed by atoms with Gasteiger partial charge in [0.15, 0.2) is 17.1 Å². The molecule has 32 heavy (non-hydrogen) atoms. The SMILES string of the molecule is C=CCn1c(SCC(=O)Nc2ccc(C)c(C)c2)nnc1C(C)Oc1ccc(C)c(C)c1. The Bertz CT molecular complexity index is 1120. The van der Waals surface area contributed by atoms with Gasteiger partial charge in [0.1, 0.15) is 5.75 Å². The van der Waals surface area contributed by atoms with Crippen molar-refractivity contribution in [2.24, 2.45) is 0 Å². The number of benzene rings is 2. The number of carbonyl (C=O) groups is 1. The summed E-state index contributed by atoms with van der Waals surface area (Å²) in [6.07, 6.45) is 1.48. The summed E-state index contributed by atoms with van der Waals surface area (Å²) >= 11 is 1.34. The van der Waals surface area contributed by atoms with E-state index < -0.39 is 0 Å². The first-order valence-electron chi connectivity index (χ1n) is 10.6. The summed E-state index contributed by atoms with van der Waals surface area (Å²) in [5.41, 5.74) is 5.52. The van der Waals surface area contributed by atoms with Crippen molar-refractivity contribution in [2.75, 3.05) is 11.1 Å². The molecule has 0 aliphatic heterocycles. The summed E-state index contributed by atoms with van der Waals surface area (Å²) < 4.78 is 8.05.